The molecule has 7 heteroatoms. The van der Waals surface area contributed by atoms with Crippen molar-refractivity contribution in [1.29, 1.82) is 0 Å². The zero-order chi connectivity index (χ0) is 19.4. The van der Waals surface area contributed by atoms with Gasteiger partial charge in [0.15, 0.2) is 0 Å². The minimum Gasteiger partial charge on any atom is -0.322 e. The molecule has 0 fully saturated rings. The van der Waals surface area contributed by atoms with E-state index in [1.807, 2.05) is 42.5 Å². The molecule has 4 nitrogen and oxygen atoms in total. The lowest BCUT2D eigenvalue weighted by Crippen LogP contribution is -2.13. The van der Waals surface area contributed by atoms with Crippen LogP contribution < -0.4 is 5.32 Å². The van der Waals surface area contributed by atoms with E-state index < -0.39 is 20.5 Å². The Morgan fingerprint density at radius 2 is 1.33 bits per heavy atom. The molecule has 3 rings (SSSR count). The smallest absolute Gasteiger partial charge is 0.322 e. The SMILES string of the molecule is O=C(Nc1ccc(S(=O)(=O)C(F)F)cc1)c1ccc(-c2ccccc2)cc1. The number of sulfone groups is 1. The monoisotopic (exact) mass is 387 g/mol. The van der Waals surface area contributed by atoms with Gasteiger partial charge in [-0.25, -0.2) is 8.42 Å². The molecular weight excluding hydrogens is 372 g/mol. The number of benzene rings is 3. The van der Waals surface area contributed by atoms with Crippen LogP contribution >= 0.6 is 0 Å². The molecule has 0 spiro atoms. The van der Waals surface area contributed by atoms with Crippen molar-refractivity contribution >= 4 is 21.4 Å². The van der Waals surface area contributed by atoms with Crippen LogP contribution in [-0.4, -0.2) is 20.1 Å². The second-order valence-electron chi connectivity index (χ2n) is 5.73. The Morgan fingerprint density at radius 3 is 1.89 bits per heavy atom. The minimum atomic E-state index is -4.65. The van der Waals surface area contributed by atoms with Gasteiger partial charge in [-0.15, -0.1) is 0 Å². The van der Waals surface area contributed by atoms with Gasteiger partial charge >= 0.3 is 5.76 Å². The molecule has 1 N–H and O–H groups in total. The van der Waals surface area contributed by atoms with Crippen molar-refractivity contribution in [3.63, 3.8) is 0 Å². The normalized spacial score (nSPS) is 11.4. The van der Waals surface area contributed by atoms with E-state index in [1.54, 1.807) is 12.1 Å². The first-order valence-electron chi connectivity index (χ1n) is 7.97. The lowest BCUT2D eigenvalue weighted by atomic mass is 10.0. The fourth-order valence-electron chi connectivity index (χ4n) is 2.48. The molecule has 0 radical (unpaired) electrons. The molecule has 0 saturated carbocycles. The number of anilines is 1. The maximum absolute atomic E-state index is 12.5. The lowest BCUT2D eigenvalue weighted by molar-refractivity contribution is 0.102. The predicted molar refractivity (Wildman–Crippen MR) is 99.5 cm³/mol. The first kappa shape index (κ1) is 18.7. The second kappa shape index (κ2) is 7.67. The van der Waals surface area contributed by atoms with Gasteiger partial charge in [-0.2, -0.15) is 8.78 Å². The predicted octanol–water partition coefficient (Wildman–Crippen LogP) is 4.60. The number of hydrogen-bond donors (Lipinski definition) is 1. The van der Waals surface area contributed by atoms with Gasteiger partial charge in [0, 0.05) is 11.3 Å². The van der Waals surface area contributed by atoms with Crippen molar-refractivity contribution < 1.29 is 22.0 Å². The van der Waals surface area contributed by atoms with Crippen LogP contribution in [0.25, 0.3) is 11.1 Å². The van der Waals surface area contributed by atoms with Gasteiger partial charge < -0.3 is 5.32 Å². The lowest BCUT2D eigenvalue weighted by Gasteiger charge is -2.08. The summed E-state index contributed by atoms with van der Waals surface area (Å²) in [4.78, 5) is 11.8. The number of carbonyl (C=O) groups is 1. The van der Waals surface area contributed by atoms with Crippen LogP contribution in [0.5, 0.6) is 0 Å². The Labute approximate surface area is 155 Å². The van der Waals surface area contributed by atoms with E-state index in [0.717, 1.165) is 23.3 Å². The number of hydrogen-bond acceptors (Lipinski definition) is 3. The third-order valence-electron chi connectivity index (χ3n) is 3.93. The quantitative estimate of drug-likeness (QED) is 0.696. The van der Waals surface area contributed by atoms with Crippen LogP contribution in [0.2, 0.25) is 0 Å². The van der Waals surface area contributed by atoms with E-state index >= 15 is 0 Å². The summed E-state index contributed by atoms with van der Waals surface area (Å²) in [6, 6.07) is 21.3. The van der Waals surface area contributed by atoms with Crippen molar-refractivity contribution in [2.75, 3.05) is 5.32 Å². The summed E-state index contributed by atoms with van der Waals surface area (Å²) in [5, 5.41) is 2.60. The molecule has 0 aliphatic carbocycles. The van der Waals surface area contributed by atoms with E-state index in [4.69, 9.17) is 0 Å². The summed E-state index contributed by atoms with van der Waals surface area (Å²) in [5.41, 5.74) is 2.72. The second-order valence-corrected chi connectivity index (χ2v) is 7.65. The molecule has 0 unspecified atom stereocenters. The van der Waals surface area contributed by atoms with Crippen LogP contribution in [0.4, 0.5) is 14.5 Å². The van der Waals surface area contributed by atoms with Crippen molar-refractivity contribution in [3.8, 4) is 11.1 Å². The largest absolute Gasteiger partial charge is 0.341 e. The van der Waals surface area contributed by atoms with Gasteiger partial charge in [-0.1, -0.05) is 42.5 Å². The summed E-state index contributed by atoms with van der Waals surface area (Å²) in [7, 11) is -4.65. The highest BCUT2D eigenvalue weighted by molar-refractivity contribution is 7.91. The van der Waals surface area contributed by atoms with Crippen molar-refractivity contribution in [3.05, 3.63) is 84.4 Å². The molecule has 0 heterocycles. The van der Waals surface area contributed by atoms with Crippen LogP contribution in [0.15, 0.2) is 83.8 Å². The molecule has 27 heavy (non-hydrogen) atoms. The summed E-state index contributed by atoms with van der Waals surface area (Å²) in [6.07, 6.45) is 0. The maximum Gasteiger partial charge on any atom is 0.341 e. The topological polar surface area (TPSA) is 63.2 Å². The molecule has 0 atom stereocenters. The van der Waals surface area contributed by atoms with Gasteiger partial charge in [0.2, 0.25) is 9.84 Å². The Morgan fingerprint density at radius 1 is 0.778 bits per heavy atom. The van der Waals surface area contributed by atoms with Crippen molar-refractivity contribution in [2.24, 2.45) is 0 Å². The van der Waals surface area contributed by atoms with Crippen molar-refractivity contribution in [2.45, 2.75) is 10.7 Å². The number of nitrogens with one attached hydrogen (secondary N) is 1. The Kier molecular flexibility index (Phi) is 5.32. The third kappa shape index (κ3) is 4.20. The first-order valence-corrected chi connectivity index (χ1v) is 9.51. The highest BCUT2D eigenvalue weighted by Crippen LogP contribution is 2.22. The van der Waals surface area contributed by atoms with Crippen LogP contribution in [-0.2, 0) is 9.84 Å². The fourth-order valence-corrected chi connectivity index (χ4v) is 3.20. The van der Waals surface area contributed by atoms with E-state index in [1.165, 1.54) is 12.1 Å². The van der Waals surface area contributed by atoms with E-state index in [2.05, 4.69) is 5.32 Å². The van der Waals surface area contributed by atoms with E-state index in [0.29, 0.717) is 11.3 Å². The third-order valence-corrected chi connectivity index (χ3v) is 5.33. The number of alkyl halides is 2. The van der Waals surface area contributed by atoms with Crippen LogP contribution in [0, 0.1) is 0 Å². The highest BCUT2D eigenvalue weighted by atomic mass is 32.2. The molecule has 3 aromatic rings. The molecule has 138 valence electrons. The van der Waals surface area contributed by atoms with Crippen molar-refractivity contribution in [1.82, 2.24) is 0 Å². The number of carbonyl (C=O) groups excluding carboxylic acids is 1. The summed E-state index contributed by atoms with van der Waals surface area (Å²) < 4.78 is 47.9. The fraction of sp³-hybridized carbons (Fsp3) is 0.0500. The average molecular weight is 387 g/mol. The van der Waals surface area contributed by atoms with Gasteiger partial charge in [0.1, 0.15) is 0 Å². The zero-order valence-electron chi connectivity index (χ0n) is 14.0. The highest BCUT2D eigenvalue weighted by Gasteiger charge is 2.26. The standard InChI is InChI=1S/C20H15F2NO3S/c21-20(22)27(25,26)18-12-10-17(11-13-18)23-19(24)16-8-6-15(7-9-16)14-4-2-1-3-5-14/h1-13,20H,(H,23,24). The molecule has 0 bridgehead atoms. The van der Waals surface area contributed by atoms with Crippen LogP contribution in [0.1, 0.15) is 10.4 Å². The molecule has 0 aromatic heterocycles. The summed E-state index contributed by atoms with van der Waals surface area (Å²) in [5.74, 6) is -3.87. The zero-order valence-corrected chi connectivity index (χ0v) is 14.8. The number of halogens is 2. The van der Waals surface area contributed by atoms with Gasteiger partial charge in [-0.3, -0.25) is 4.79 Å². The summed E-state index contributed by atoms with van der Waals surface area (Å²) >= 11 is 0. The minimum absolute atomic E-state index is 0.306. The van der Waals surface area contributed by atoms with E-state index in [9.17, 15) is 22.0 Å². The summed E-state index contributed by atoms with van der Waals surface area (Å²) in [6.45, 7) is 0. The molecule has 0 aliphatic rings. The molecule has 0 aliphatic heterocycles. The number of amides is 1. The molecule has 3 aromatic carbocycles. The average Bonchev–Trinajstić information content (AvgIpc) is 2.69. The Hall–Kier alpha value is -3.06. The molecular formula is C20H15F2NO3S. The maximum atomic E-state index is 12.5. The molecule has 1 amide bonds. The van der Waals surface area contributed by atoms with E-state index in [-0.39, 0.29) is 5.91 Å². The van der Waals surface area contributed by atoms with Crippen LogP contribution in [0.3, 0.4) is 0 Å². The van der Waals surface area contributed by atoms with Gasteiger partial charge in [0.05, 0.1) is 4.90 Å². The Balaban J connectivity index is 1.72. The number of rotatable bonds is 5. The molecule has 0 saturated heterocycles. The Bertz CT molecular complexity index is 1030. The first-order chi connectivity index (χ1) is 12.9. The van der Waals surface area contributed by atoms with Gasteiger partial charge in [-0.05, 0) is 47.5 Å². The van der Waals surface area contributed by atoms with Gasteiger partial charge in [0.25, 0.3) is 5.91 Å².